The lowest BCUT2D eigenvalue weighted by Crippen LogP contribution is -2.14. The van der Waals surface area contributed by atoms with E-state index in [0.717, 1.165) is 11.5 Å². The van der Waals surface area contributed by atoms with E-state index in [1.165, 1.54) is 4.90 Å². The number of nitriles is 1. The molecule has 0 saturated heterocycles. The van der Waals surface area contributed by atoms with Crippen LogP contribution in [-0.2, 0) is 4.79 Å². The molecule has 1 heterocycles. The molecular formula is C11H5Cl2N3OS. The van der Waals surface area contributed by atoms with Gasteiger partial charge in [0.2, 0.25) is 6.41 Å². The van der Waals surface area contributed by atoms with Crippen molar-refractivity contribution in [2.75, 3.05) is 4.90 Å². The molecule has 0 aliphatic rings. The normalized spacial score (nSPS) is 9.83. The lowest BCUT2D eigenvalue weighted by atomic mass is 10.2. The zero-order valence-electron chi connectivity index (χ0n) is 8.80. The Morgan fingerprint density at radius 1 is 1.39 bits per heavy atom. The molecule has 1 amide bonds. The predicted octanol–water partition coefficient (Wildman–Crippen LogP) is 3.62. The highest BCUT2D eigenvalue weighted by molar-refractivity contribution is 7.11. The van der Waals surface area contributed by atoms with E-state index in [1.54, 1.807) is 24.3 Å². The molecule has 0 bridgehead atoms. The molecule has 0 aliphatic carbocycles. The SMILES string of the molecule is N#Cc1ccccc1N(C=O)c1snc(Cl)c1Cl. The van der Waals surface area contributed by atoms with E-state index in [1.807, 2.05) is 6.07 Å². The van der Waals surface area contributed by atoms with Crippen molar-refractivity contribution in [3.63, 3.8) is 0 Å². The summed E-state index contributed by atoms with van der Waals surface area (Å²) in [5.41, 5.74) is 0.808. The fraction of sp³-hybridized carbons (Fsp3) is 0. The van der Waals surface area contributed by atoms with Crippen LogP contribution in [0.2, 0.25) is 10.2 Å². The van der Waals surface area contributed by atoms with Crippen LogP contribution in [-0.4, -0.2) is 10.8 Å². The lowest BCUT2D eigenvalue weighted by molar-refractivity contribution is -0.106. The largest absolute Gasteiger partial charge is 0.278 e. The van der Waals surface area contributed by atoms with Gasteiger partial charge in [-0.15, -0.1) is 0 Å². The Balaban J connectivity index is 2.56. The van der Waals surface area contributed by atoms with Crippen LogP contribution in [0, 0.1) is 11.3 Å². The molecule has 2 rings (SSSR count). The Kier molecular flexibility index (Phi) is 3.82. The fourth-order valence-corrected chi connectivity index (χ4v) is 2.59. The number of hydrogen-bond donors (Lipinski definition) is 0. The molecule has 0 fully saturated rings. The van der Waals surface area contributed by atoms with Crippen molar-refractivity contribution in [2.24, 2.45) is 0 Å². The number of benzene rings is 1. The van der Waals surface area contributed by atoms with E-state index in [0.29, 0.717) is 22.7 Å². The summed E-state index contributed by atoms with van der Waals surface area (Å²) in [6, 6.07) is 8.72. The van der Waals surface area contributed by atoms with Crippen LogP contribution >= 0.6 is 34.7 Å². The van der Waals surface area contributed by atoms with Gasteiger partial charge in [-0.05, 0) is 23.7 Å². The summed E-state index contributed by atoms with van der Waals surface area (Å²) in [6.45, 7) is 0. The molecule has 4 nitrogen and oxygen atoms in total. The Hall–Kier alpha value is -1.61. The van der Waals surface area contributed by atoms with Crippen LogP contribution in [0.4, 0.5) is 10.7 Å². The third-order valence-electron chi connectivity index (χ3n) is 2.19. The quantitative estimate of drug-likeness (QED) is 0.813. The Morgan fingerprint density at radius 2 is 2.11 bits per heavy atom. The van der Waals surface area contributed by atoms with E-state index < -0.39 is 0 Å². The van der Waals surface area contributed by atoms with Crippen molar-refractivity contribution in [3.05, 3.63) is 40.0 Å². The van der Waals surface area contributed by atoms with Crippen LogP contribution in [0.3, 0.4) is 0 Å². The number of carbonyl (C=O) groups excluding carboxylic acids is 1. The molecule has 0 aliphatic heterocycles. The third kappa shape index (κ3) is 2.18. The smallest absolute Gasteiger partial charge is 0.219 e. The Bertz CT molecular complexity index is 635. The zero-order valence-corrected chi connectivity index (χ0v) is 11.1. The van der Waals surface area contributed by atoms with Gasteiger partial charge in [-0.25, -0.2) is 0 Å². The van der Waals surface area contributed by atoms with E-state index in [-0.39, 0.29) is 10.2 Å². The summed E-state index contributed by atoms with van der Waals surface area (Å²) in [4.78, 5) is 12.5. The van der Waals surface area contributed by atoms with Gasteiger partial charge in [-0.3, -0.25) is 9.69 Å². The van der Waals surface area contributed by atoms with Gasteiger partial charge in [0.15, 0.2) is 5.15 Å². The summed E-state index contributed by atoms with van der Waals surface area (Å²) in [6.07, 6.45) is 0.575. The molecule has 0 N–H and O–H groups in total. The number of carbonyl (C=O) groups is 1. The molecule has 1 aromatic heterocycles. The van der Waals surface area contributed by atoms with Crippen LogP contribution < -0.4 is 4.90 Å². The fourth-order valence-electron chi connectivity index (χ4n) is 1.39. The van der Waals surface area contributed by atoms with Crippen molar-refractivity contribution >= 4 is 51.8 Å². The molecule has 18 heavy (non-hydrogen) atoms. The summed E-state index contributed by atoms with van der Waals surface area (Å²) >= 11 is 12.7. The molecule has 90 valence electrons. The highest BCUT2D eigenvalue weighted by atomic mass is 35.5. The average Bonchev–Trinajstić information content (AvgIpc) is 2.73. The molecule has 1 aromatic carbocycles. The van der Waals surface area contributed by atoms with Gasteiger partial charge in [-0.2, -0.15) is 9.64 Å². The molecule has 0 radical (unpaired) electrons. The van der Waals surface area contributed by atoms with Crippen molar-refractivity contribution in [1.82, 2.24) is 4.37 Å². The van der Waals surface area contributed by atoms with Crippen LogP contribution in [0.15, 0.2) is 24.3 Å². The Labute approximate surface area is 117 Å². The number of amides is 1. The molecule has 2 aromatic rings. The number of aromatic nitrogens is 1. The van der Waals surface area contributed by atoms with Crippen molar-refractivity contribution in [2.45, 2.75) is 0 Å². The standard InChI is InChI=1S/C11H5Cl2N3OS/c12-9-10(13)15-18-11(9)16(6-17)8-4-2-1-3-7(8)5-14/h1-4,6H. The summed E-state index contributed by atoms with van der Waals surface area (Å²) < 4.78 is 3.86. The first-order valence-electron chi connectivity index (χ1n) is 4.73. The monoisotopic (exact) mass is 297 g/mol. The first kappa shape index (κ1) is 12.8. The maximum absolute atomic E-state index is 11.2. The first-order valence-corrected chi connectivity index (χ1v) is 6.26. The van der Waals surface area contributed by atoms with Gasteiger partial charge in [-0.1, -0.05) is 35.3 Å². The lowest BCUT2D eigenvalue weighted by Gasteiger charge is -2.16. The molecule has 7 heteroatoms. The van der Waals surface area contributed by atoms with Crippen LogP contribution in [0.25, 0.3) is 0 Å². The number of hydrogen-bond acceptors (Lipinski definition) is 4. The summed E-state index contributed by atoms with van der Waals surface area (Å²) in [5, 5.41) is 9.74. The van der Waals surface area contributed by atoms with Gasteiger partial charge in [0.05, 0.1) is 11.3 Å². The van der Waals surface area contributed by atoms with Gasteiger partial charge in [0.1, 0.15) is 16.1 Å². The minimum Gasteiger partial charge on any atom is -0.278 e. The van der Waals surface area contributed by atoms with Gasteiger partial charge in [0.25, 0.3) is 0 Å². The van der Waals surface area contributed by atoms with Crippen molar-refractivity contribution < 1.29 is 4.79 Å². The van der Waals surface area contributed by atoms with Crippen molar-refractivity contribution in [3.8, 4) is 6.07 Å². The van der Waals surface area contributed by atoms with E-state index in [4.69, 9.17) is 28.5 Å². The minimum absolute atomic E-state index is 0.137. The third-order valence-corrected chi connectivity index (χ3v) is 3.98. The zero-order chi connectivity index (χ0) is 13.1. The van der Waals surface area contributed by atoms with Gasteiger partial charge < -0.3 is 0 Å². The van der Waals surface area contributed by atoms with Crippen molar-refractivity contribution in [1.29, 1.82) is 5.26 Å². The highest BCUT2D eigenvalue weighted by Gasteiger charge is 2.20. The molecule has 0 atom stereocenters. The van der Waals surface area contributed by atoms with Crippen LogP contribution in [0.1, 0.15) is 5.56 Å². The predicted molar refractivity (Wildman–Crippen MR) is 71.5 cm³/mol. The number of nitrogens with zero attached hydrogens (tertiary/aromatic N) is 3. The molecule has 0 unspecified atom stereocenters. The summed E-state index contributed by atoms with van der Waals surface area (Å²) in [7, 11) is 0. The second-order valence-corrected chi connectivity index (χ2v) is 4.68. The van der Waals surface area contributed by atoms with Gasteiger partial charge >= 0.3 is 0 Å². The average molecular weight is 298 g/mol. The van der Waals surface area contributed by atoms with Crippen LogP contribution in [0.5, 0.6) is 0 Å². The first-order chi connectivity index (χ1) is 8.69. The maximum Gasteiger partial charge on any atom is 0.219 e. The number of rotatable bonds is 3. The number of anilines is 2. The van der Waals surface area contributed by atoms with E-state index in [2.05, 4.69) is 4.37 Å². The Morgan fingerprint density at radius 3 is 2.67 bits per heavy atom. The summed E-state index contributed by atoms with van der Waals surface area (Å²) in [5.74, 6) is 0. The topological polar surface area (TPSA) is 57.0 Å². The second kappa shape index (κ2) is 5.36. The second-order valence-electron chi connectivity index (χ2n) is 3.20. The van der Waals surface area contributed by atoms with E-state index >= 15 is 0 Å². The minimum atomic E-state index is 0.137. The highest BCUT2D eigenvalue weighted by Crippen LogP contribution is 2.39. The molecular weight excluding hydrogens is 293 g/mol. The molecule has 0 saturated carbocycles. The van der Waals surface area contributed by atoms with Gasteiger partial charge in [0, 0.05) is 0 Å². The van der Waals surface area contributed by atoms with E-state index in [9.17, 15) is 4.79 Å². The molecule has 0 spiro atoms. The number of para-hydroxylation sites is 1. The maximum atomic E-state index is 11.2. The number of halogens is 2.